The van der Waals surface area contributed by atoms with Gasteiger partial charge >= 0.3 is 0 Å². The summed E-state index contributed by atoms with van der Waals surface area (Å²) in [4.78, 5) is 3.85. The number of hydrogen-bond acceptors (Lipinski definition) is 2. The minimum atomic E-state index is 0.958. The molecular formula is C16H20N2. The molecule has 0 aromatic heterocycles. The van der Waals surface area contributed by atoms with Crippen LogP contribution in [0.15, 0.2) is 71.7 Å². The average Bonchev–Trinajstić information content (AvgIpc) is 3.01. The molecule has 2 nitrogen and oxygen atoms in total. The van der Waals surface area contributed by atoms with E-state index in [-0.39, 0.29) is 0 Å². The Morgan fingerprint density at radius 2 is 1.33 bits per heavy atom. The minimum absolute atomic E-state index is 0.958. The van der Waals surface area contributed by atoms with E-state index >= 15 is 0 Å². The average molecular weight is 240 g/mol. The summed E-state index contributed by atoms with van der Waals surface area (Å²) < 4.78 is 0. The van der Waals surface area contributed by atoms with E-state index < -0.39 is 0 Å². The van der Waals surface area contributed by atoms with Crippen LogP contribution < -0.4 is 5.32 Å². The molecule has 1 N–H and O–H groups in total. The zero-order chi connectivity index (χ0) is 12.9. The molecule has 0 fully saturated rings. The van der Waals surface area contributed by atoms with Crippen molar-refractivity contribution in [3.8, 4) is 0 Å². The molecule has 1 aliphatic rings. The Labute approximate surface area is 109 Å². The van der Waals surface area contributed by atoms with E-state index in [4.69, 9.17) is 0 Å². The number of benzene rings is 2. The van der Waals surface area contributed by atoms with E-state index in [0.717, 1.165) is 13.1 Å². The zero-order valence-electron chi connectivity index (χ0n) is 10.8. The Kier molecular flexibility index (Phi) is 7.83. The number of nitrogens with zero attached hydrogens (tertiary/aromatic N) is 1. The smallest absolute Gasteiger partial charge is 0.0825 e. The van der Waals surface area contributed by atoms with Crippen LogP contribution in [0.2, 0.25) is 0 Å². The van der Waals surface area contributed by atoms with Gasteiger partial charge in [0.25, 0.3) is 0 Å². The number of rotatable bonds is 0. The number of aliphatic imine (C=N–C) groups is 1. The quantitative estimate of drug-likeness (QED) is 0.750. The third kappa shape index (κ3) is 8.11. The van der Waals surface area contributed by atoms with Crippen LogP contribution in [0.25, 0.3) is 0 Å². The van der Waals surface area contributed by atoms with Gasteiger partial charge in [0.05, 0.1) is 12.9 Å². The molecule has 2 heteroatoms. The van der Waals surface area contributed by atoms with E-state index in [9.17, 15) is 0 Å². The molecule has 0 spiro atoms. The lowest BCUT2D eigenvalue weighted by molar-refractivity contribution is 0.965. The largest absolute Gasteiger partial charge is 0.375 e. The molecule has 0 saturated carbocycles. The van der Waals surface area contributed by atoms with Crippen molar-refractivity contribution in [3.63, 3.8) is 0 Å². The van der Waals surface area contributed by atoms with Crippen LogP contribution in [0.5, 0.6) is 0 Å². The molecule has 2 aromatic rings. The highest BCUT2D eigenvalue weighted by Crippen LogP contribution is 1.92. The highest BCUT2D eigenvalue weighted by Gasteiger charge is 1.82. The molecule has 1 heterocycles. The lowest BCUT2D eigenvalue weighted by atomic mass is 10.2. The molecular weight excluding hydrogens is 220 g/mol. The first-order chi connectivity index (χ1) is 8.89. The van der Waals surface area contributed by atoms with Gasteiger partial charge in [-0.25, -0.2) is 0 Å². The van der Waals surface area contributed by atoms with E-state index in [1.54, 1.807) is 6.34 Å². The van der Waals surface area contributed by atoms with Crippen LogP contribution in [0.4, 0.5) is 0 Å². The fourth-order valence-electron chi connectivity index (χ4n) is 1.24. The summed E-state index contributed by atoms with van der Waals surface area (Å²) in [5, 5.41) is 2.93. The van der Waals surface area contributed by atoms with E-state index in [1.165, 1.54) is 5.56 Å². The standard InChI is InChI=1S/C7H8.C6H6.C3H6N2/c1-7-5-3-2-4-6-7;1-2-4-6-5-3-1;1-2-5-3-4-1/h2-6H,1H3;1-6H;3H,1-2H2,(H,4,5). The first kappa shape index (κ1) is 14.0. The van der Waals surface area contributed by atoms with Gasteiger partial charge < -0.3 is 5.32 Å². The van der Waals surface area contributed by atoms with Gasteiger partial charge in [-0.2, -0.15) is 0 Å². The van der Waals surface area contributed by atoms with E-state index in [0.29, 0.717) is 0 Å². The van der Waals surface area contributed by atoms with Crippen molar-refractivity contribution in [1.29, 1.82) is 0 Å². The predicted octanol–water partition coefficient (Wildman–Crippen LogP) is 3.30. The van der Waals surface area contributed by atoms with Crippen molar-refractivity contribution in [2.24, 2.45) is 4.99 Å². The summed E-state index contributed by atoms with van der Waals surface area (Å²) in [5.41, 5.74) is 1.32. The summed E-state index contributed by atoms with van der Waals surface area (Å²) >= 11 is 0. The Hall–Kier alpha value is -2.09. The predicted molar refractivity (Wildman–Crippen MR) is 79.0 cm³/mol. The highest BCUT2D eigenvalue weighted by molar-refractivity contribution is 5.56. The molecule has 0 saturated heterocycles. The second-order valence-corrected chi connectivity index (χ2v) is 3.80. The topological polar surface area (TPSA) is 24.4 Å². The molecule has 3 rings (SSSR count). The van der Waals surface area contributed by atoms with E-state index in [2.05, 4.69) is 29.4 Å². The van der Waals surface area contributed by atoms with Gasteiger partial charge in [0.15, 0.2) is 0 Å². The van der Waals surface area contributed by atoms with Gasteiger partial charge in [-0.15, -0.1) is 0 Å². The summed E-state index contributed by atoms with van der Waals surface area (Å²) in [7, 11) is 0. The second kappa shape index (κ2) is 10.1. The summed E-state index contributed by atoms with van der Waals surface area (Å²) in [6, 6.07) is 22.3. The first-order valence-corrected chi connectivity index (χ1v) is 6.13. The third-order valence-corrected chi connectivity index (χ3v) is 2.17. The summed E-state index contributed by atoms with van der Waals surface area (Å²) in [5.74, 6) is 0. The Balaban J connectivity index is 0.000000137. The van der Waals surface area contributed by atoms with Crippen LogP contribution in [0.1, 0.15) is 5.56 Å². The Bertz CT molecular complexity index is 377. The molecule has 18 heavy (non-hydrogen) atoms. The van der Waals surface area contributed by atoms with Gasteiger partial charge in [-0.3, -0.25) is 4.99 Å². The lowest BCUT2D eigenvalue weighted by Gasteiger charge is -1.82. The minimum Gasteiger partial charge on any atom is -0.375 e. The monoisotopic (exact) mass is 240 g/mol. The maximum Gasteiger partial charge on any atom is 0.0825 e. The SMILES string of the molecule is C1=NCCN1.Cc1ccccc1.c1ccccc1. The molecule has 2 aromatic carbocycles. The van der Waals surface area contributed by atoms with Crippen molar-refractivity contribution >= 4 is 6.34 Å². The van der Waals surface area contributed by atoms with Crippen molar-refractivity contribution in [2.75, 3.05) is 13.1 Å². The molecule has 0 atom stereocenters. The molecule has 0 amide bonds. The molecule has 1 aliphatic heterocycles. The van der Waals surface area contributed by atoms with Crippen LogP contribution in [-0.2, 0) is 0 Å². The zero-order valence-corrected chi connectivity index (χ0v) is 10.8. The van der Waals surface area contributed by atoms with Crippen LogP contribution in [-0.4, -0.2) is 19.4 Å². The van der Waals surface area contributed by atoms with Crippen molar-refractivity contribution in [2.45, 2.75) is 6.92 Å². The fraction of sp³-hybridized carbons (Fsp3) is 0.188. The Morgan fingerprint density at radius 1 is 0.833 bits per heavy atom. The van der Waals surface area contributed by atoms with Gasteiger partial charge in [-0.05, 0) is 6.92 Å². The summed E-state index contributed by atoms with van der Waals surface area (Å²) in [6.45, 7) is 4.07. The lowest BCUT2D eigenvalue weighted by Crippen LogP contribution is -2.04. The van der Waals surface area contributed by atoms with Crippen molar-refractivity contribution in [1.82, 2.24) is 5.32 Å². The van der Waals surface area contributed by atoms with Crippen molar-refractivity contribution in [3.05, 3.63) is 72.3 Å². The van der Waals surface area contributed by atoms with Crippen LogP contribution >= 0.6 is 0 Å². The first-order valence-electron chi connectivity index (χ1n) is 6.13. The number of aryl methyl sites for hydroxylation is 1. The molecule has 0 aliphatic carbocycles. The van der Waals surface area contributed by atoms with Gasteiger partial charge in [0.1, 0.15) is 0 Å². The maximum absolute atomic E-state index is 3.85. The van der Waals surface area contributed by atoms with Crippen molar-refractivity contribution < 1.29 is 0 Å². The van der Waals surface area contributed by atoms with Crippen LogP contribution in [0.3, 0.4) is 0 Å². The maximum atomic E-state index is 3.85. The fourth-order valence-corrected chi connectivity index (χ4v) is 1.24. The third-order valence-electron chi connectivity index (χ3n) is 2.17. The highest BCUT2D eigenvalue weighted by atomic mass is 15.0. The second-order valence-electron chi connectivity index (χ2n) is 3.80. The normalized spacial score (nSPS) is 11.4. The van der Waals surface area contributed by atoms with Gasteiger partial charge in [0.2, 0.25) is 0 Å². The van der Waals surface area contributed by atoms with E-state index in [1.807, 2.05) is 54.6 Å². The molecule has 94 valence electrons. The number of hydrogen-bond donors (Lipinski definition) is 1. The summed E-state index contributed by atoms with van der Waals surface area (Å²) in [6.07, 6.45) is 1.74. The molecule has 0 unspecified atom stereocenters. The van der Waals surface area contributed by atoms with Gasteiger partial charge in [0, 0.05) is 6.54 Å². The number of nitrogens with one attached hydrogen (secondary N) is 1. The Morgan fingerprint density at radius 3 is 1.56 bits per heavy atom. The van der Waals surface area contributed by atoms with Gasteiger partial charge in [-0.1, -0.05) is 72.3 Å². The molecule has 0 bridgehead atoms. The molecule has 0 radical (unpaired) electrons. The van der Waals surface area contributed by atoms with Crippen LogP contribution in [0, 0.1) is 6.92 Å².